The second-order valence-electron chi connectivity index (χ2n) is 4.31. The molecule has 112 valence electrons. The van der Waals surface area contributed by atoms with E-state index in [2.05, 4.69) is 10.1 Å². The Hall–Kier alpha value is -1.24. The molecule has 1 fully saturated rings. The van der Waals surface area contributed by atoms with Gasteiger partial charge in [-0.15, -0.1) is 12.4 Å². The number of nitrogens with one attached hydrogen (secondary N) is 1. The van der Waals surface area contributed by atoms with Gasteiger partial charge in [0.2, 0.25) is 0 Å². The van der Waals surface area contributed by atoms with Crippen LogP contribution in [0.4, 0.5) is 8.78 Å². The number of hydrogen-bond acceptors (Lipinski definition) is 4. The van der Waals surface area contributed by atoms with Crippen molar-refractivity contribution < 1.29 is 23.0 Å². The molecule has 1 heterocycles. The molecule has 0 bridgehead atoms. The van der Waals surface area contributed by atoms with E-state index in [1.54, 1.807) is 0 Å². The van der Waals surface area contributed by atoms with E-state index in [1.807, 2.05) is 30.3 Å². The Kier molecular flexibility index (Phi) is 6.84. The number of hydrogen-bond donors (Lipinski definition) is 1. The first-order valence-corrected chi connectivity index (χ1v) is 6.02. The van der Waals surface area contributed by atoms with E-state index in [1.165, 1.54) is 0 Å². The minimum atomic E-state index is -2.81. The Morgan fingerprint density at radius 1 is 1.35 bits per heavy atom. The third kappa shape index (κ3) is 5.03. The van der Waals surface area contributed by atoms with Gasteiger partial charge < -0.3 is 14.8 Å². The molecule has 1 aliphatic heterocycles. The molecule has 0 aromatic heterocycles. The molecule has 7 heteroatoms. The van der Waals surface area contributed by atoms with Gasteiger partial charge in [-0.05, 0) is 5.56 Å². The summed E-state index contributed by atoms with van der Waals surface area (Å²) >= 11 is 0. The fourth-order valence-corrected chi connectivity index (χ4v) is 1.96. The van der Waals surface area contributed by atoms with Gasteiger partial charge in [-0.3, -0.25) is 4.79 Å². The topological polar surface area (TPSA) is 47.6 Å². The summed E-state index contributed by atoms with van der Waals surface area (Å²) in [4.78, 5) is 11.7. The van der Waals surface area contributed by atoms with Crippen molar-refractivity contribution in [3.8, 4) is 0 Å². The van der Waals surface area contributed by atoms with Crippen molar-refractivity contribution in [1.29, 1.82) is 0 Å². The molecule has 0 radical (unpaired) electrons. The van der Waals surface area contributed by atoms with Crippen molar-refractivity contribution in [2.45, 2.75) is 31.8 Å². The summed E-state index contributed by atoms with van der Waals surface area (Å²) < 4.78 is 33.5. The molecule has 2 rings (SSSR count). The highest BCUT2D eigenvalue weighted by Gasteiger charge is 2.32. The molecule has 1 aromatic carbocycles. The van der Waals surface area contributed by atoms with Crippen LogP contribution in [0.2, 0.25) is 0 Å². The minimum absolute atomic E-state index is 0. The van der Waals surface area contributed by atoms with E-state index in [0.717, 1.165) is 5.56 Å². The first-order valence-electron chi connectivity index (χ1n) is 6.02. The summed E-state index contributed by atoms with van der Waals surface area (Å²) in [6, 6.07) is 8.69. The van der Waals surface area contributed by atoms with Crippen molar-refractivity contribution in [2.75, 3.05) is 6.54 Å². The second-order valence-corrected chi connectivity index (χ2v) is 4.31. The lowest BCUT2D eigenvalue weighted by atomic mass is 10.2. The highest BCUT2D eigenvalue weighted by molar-refractivity contribution is 5.85. The summed E-state index contributed by atoms with van der Waals surface area (Å²) in [5.41, 5.74) is 0.884. The number of carbonyl (C=O) groups excluding carboxylic acids is 1. The minimum Gasteiger partial charge on any atom is -0.460 e. The van der Waals surface area contributed by atoms with Crippen molar-refractivity contribution in [3.63, 3.8) is 0 Å². The molecule has 1 N–H and O–H groups in total. The van der Waals surface area contributed by atoms with E-state index in [4.69, 9.17) is 4.74 Å². The summed E-state index contributed by atoms with van der Waals surface area (Å²) in [5.74, 6) is -0.441. The van der Waals surface area contributed by atoms with Gasteiger partial charge in [0.15, 0.2) is 0 Å². The average Bonchev–Trinajstić information content (AvgIpc) is 2.85. The lowest BCUT2D eigenvalue weighted by Crippen LogP contribution is -2.32. The SMILES string of the molecule is Cl.O=C(OCc1ccccc1)[C@@H]1C[C@@H](OC(F)F)CN1. The van der Waals surface area contributed by atoms with Gasteiger partial charge in [-0.25, -0.2) is 0 Å². The molecule has 1 aliphatic rings. The monoisotopic (exact) mass is 307 g/mol. The fourth-order valence-electron chi connectivity index (χ4n) is 1.96. The van der Waals surface area contributed by atoms with Gasteiger partial charge in [0.05, 0.1) is 6.10 Å². The van der Waals surface area contributed by atoms with Crippen molar-refractivity contribution in [2.24, 2.45) is 0 Å². The number of carbonyl (C=O) groups is 1. The summed E-state index contributed by atoms with van der Waals surface area (Å²) in [5, 5.41) is 2.82. The number of alkyl halides is 2. The number of rotatable bonds is 5. The van der Waals surface area contributed by atoms with Gasteiger partial charge in [-0.2, -0.15) is 8.78 Å². The highest BCUT2D eigenvalue weighted by atomic mass is 35.5. The third-order valence-corrected chi connectivity index (χ3v) is 2.89. The first kappa shape index (κ1) is 16.8. The zero-order valence-corrected chi connectivity index (χ0v) is 11.4. The predicted molar refractivity (Wildman–Crippen MR) is 70.8 cm³/mol. The van der Waals surface area contributed by atoms with Crippen molar-refractivity contribution in [3.05, 3.63) is 35.9 Å². The van der Waals surface area contributed by atoms with Crippen LogP contribution in [0.3, 0.4) is 0 Å². The van der Waals surface area contributed by atoms with E-state index in [0.29, 0.717) is 0 Å². The van der Waals surface area contributed by atoms with Crippen LogP contribution in [0.25, 0.3) is 0 Å². The number of esters is 1. The maximum atomic E-state index is 12.0. The number of ether oxygens (including phenoxy) is 2. The molecule has 0 spiro atoms. The van der Waals surface area contributed by atoms with E-state index in [9.17, 15) is 13.6 Å². The van der Waals surface area contributed by atoms with Gasteiger partial charge in [-0.1, -0.05) is 30.3 Å². The van der Waals surface area contributed by atoms with E-state index < -0.39 is 24.7 Å². The number of halogens is 3. The molecule has 1 aromatic rings. The molecule has 20 heavy (non-hydrogen) atoms. The van der Waals surface area contributed by atoms with Crippen LogP contribution >= 0.6 is 12.4 Å². The first-order chi connectivity index (χ1) is 9.15. The van der Waals surface area contributed by atoms with Crippen LogP contribution in [-0.2, 0) is 20.9 Å². The zero-order chi connectivity index (χ0) is 13.7. The van der Waals surface area contributed by atoms with Gasteiger partial charge in [0.1, 0.15) is 12.6 Å². The molecule has 0 aliphatic carbocycles. The standard InChI is InChI=1S/C13H15F2NO3.ClH/c14-13(15)19-10-6-11(16-7-10)12(17)18-8-9-4-2-1-3-5-9;/h1-5,10-11,13,16H,6-8H2;1H/t10-,11+;/m1./s1. The summed E-state index contributed by atoms with van der Waals surface area (Å²) in [7, 11) is 0. The molecule has 1 saturated heterocycles. The van der Waals surface area contributed by atoms with Crippen molar-refractivity contribution >= 4 is 18.4 Å². The molecule has 0 saturated carbocycles. The van der Waals surface area contributed by atoms with Crippen LogP contribution in [0.15, 0.2) is 30.3 Å². The van der Waals surface area contributed by atoms with Gasteiger partial charge >= 0.3 is 12.6 Å². The molecule has 4 nitrogen and oxygen atoms in total. The van der Waals surface area contributed by atoms with Gasteiger partial charge in [0.25, 0.3) is 0 Å². The largest absolute Gasteiger partial charge is 0.460 e. The highest BCUT2D eigenvalue weighted by Crippen LogP contribution is 2.15. The Bertz CT molecular complexity index is 419. The average molecular weight is 308 g/mol. The second kappa shape index (κ2) is 8.14. The van der Waals surface area contributed by atoms with Crippen LogP contribution in [0.5, 0.6) is 0 Å². The zero-order valence-electron chi connectivity index (χ0n) is 10.6. The Labute approximate surface area is 121 Å². The quantitative estimate of drug-likeness (QED) is 0.847. The summed E-state index contributed by atoms with van der Waals surface area (Å²) in [6.45, 7) is -2.40. The normalized spacial score (nSPS) is 21.6. The number of benzene rings is 1. The Morgan fingerprint density at radius 3 is 2.70 bits per heavy atom. The van der Waals surface area contributed by atoms with Crippen molar-refractivity contribution in [1.82, 2.24) is 5.32 Å². The van der Waals surface area contributed by atoms with Crippen LogP contribution in [-0.4, -0.2) is 31.3 Å². The Balaban J connectivity index is 0.00000200. The van der Waals surface area contributed by atoms with E-state index >= 15 is 0 Å². The molecular weight excluding hydrogens is 292 g/mol. The fraction of sp³-hybridized carbons (Fsp3) is 0.462. The molecular formula is C13H16ClF2NO3. The maximum Gasteiger partial charge on any atom is 0.345 e. The van der Waals surface area contributed by atoms with E-state index in [-0.39, 0.29) is 32.0 Å². The Morgan fingerprint density at radius 2 is 2.05 bits per heavy atom. The lowest BCUT2D eigenvalue weighted by molar-refractivity contribution is -0.160. The predicted octanol–water partition coefficient (Wildman–Crippen LogP) is 2.12. The maximum absolute atomic E-state index is 12.0. The lowest BCUT2D eigenvalue weighted by Gasteiger charge is -2.11. The van der Waals surface area contributed by atoms with Gasteiger partial charge in [0, 0.05) is 13.0 Å². The molecule has 0 unspecified atom stereocenters. The third-order valence-electron chi connectivity index (χ3n) is 2.89. The smallest absolute Gasteiger partial charge is 0.345 e. The molecule has 0 amide bonds. The summed E-state index contributed by atoms with van der Waals surface area (Å²) in [6.07, 6.45) is -0.438. The molecule has 2 atom stereocenters. The van der Waals surface area contributed by atoms with Crippen LogP contribution < -0.4 is 5.32 Å². The van der Waals surface area contributed by atoms with Crippen LogP contribution in [0.1, 0.15) is 12.0 Å². The van der Waals surface area contributed by atoms with Crippen LogP contribution in [0, 0.1) is 0 Å².